The summed E-state index contributed by atoms with van der Waals surface area (Å²) < 4.78 is 7.28. The van der Waals surface area contributed by atoms with Crippen LogP contribution in [0.1, 0.15) is 33.1 Å². The number of amides is 1. The maximum Gasteiger partial charge on any atom is 0.233 e. The number of rotatable bonds is 6. The lowest BCUT2D eigenvalue weighted by Gasteiger charge is -2.39. The highest BCUT2D eigenvalue weighted by atomic mass is 35.5. The molecule has 0 radical (unpaired) electrons. The number of ether oxygens (including phenoxy) is 1. The van der Waals surface area contributed by atoms with Gasteiger partial charge in [0.1, 0.15) is 5.75 Å². The summed E-state index contributed by atoms with van der Waals surface area (Å²) in [5, 5.41) is 10.2. The van der Waals surface area contributed by atoms with E-state index < -0.39 is 0 Å². The zero-order valence-corrected chi connectivity index (χ0v) is 20.1. The molecule has 1 fully saturated rings. The van der Waals surface area contributed by atoms with Gasteiger partial charge in [-0.05, 0) is 81.6 Å². The number of methoxy groups -OCH3 is 1. The second-order valence-corrected chi connectivity index (χ2v) is 9.44. The summed E-state index contributed by atoms with van der Waals surface area (Å²) >= 11 is 7.49. The van der Waals surface area contributed by atoms with Crippen LogP contribution in [0.25, 0.3) is 17.1 Å². The Morgan fingerprint density at radius 1 is 1.06 bits per heavy atom. The van der Waals surface area contributed by atoms with Crippen LogP contribution in [0.3, 0.4) is 0 Å². The van der Waals surface area contributed by atoms with E-state index in [0.717, 1.165) is 29.8 Å². The molecule has 1 amide bonds. The van der Waals surface area contributed by atoms with Crippen LogP contribution >= 0.6 is 23.4 Å². The van der Waals surface area contributed by atoms with E-state index in [2.05, 4.69) is 24.0 Å². The third kappa shape index (κ3) is 4.79. The third-order valence-corrected chi connectivity index (χ3v) is 7.04. The summed E-state index contributed by atoms with van der Waals surface area (Å²) in [5.74, 6) is 1.93. The number of hydrogen-bond donors (Lipinski definition) is 0. The highest BCUT2D eigenvalue weighted by molar-refractivity contribution is 7.99. The first-order valence-corrected chi connectivity index (χ1v) is 12.1. The van der Waals surface area contributed by atoms with E-state index >= 15 is 0 Å². The average Bonchev–Trinajstić information content (AvgIpc) is 3.22. The Labute approximate surface area is 197 Å². The van der Waals surface area contributed by atoms with Gasteiger partial charge >= 0.3 is 0 Å². The fraction of sp³-hybridized carbons (Fsp3) is 0.375. The van der Waals surface area contributed by atoms with Crippen molar-refractivity contribution in [1.82, 2.24) is 19.7 Å². The number of carbonyl (C=O) groups is 1. The molecule has 3 aromatic rings. The third-order valence-electron chi connectivity index (χ3n) is 5.87. The van der Waals surface area contributed by atoms with Crippen LogP contribution in [0.4, 0.5) is 0 Å². The zero-order valence-electron chi connectivity index (χ0n) is 18.5. The van der Waals surface area contributed by atoms with E-state index in [1.807, 2.05) is 58.0 Å². The standard InChI is InChI=1S/C24H27ClN4O2S/c1-16-5-4-6-17(2)28(16)22(30)15-32-24-27-26-23(18-7-9-19(25)10-8-18)29(24)20-11-13-21(31-3)14-12-20/h7-14,16-17H,4-6,15H2,1-3H3/t16-,17-/m1/s1. The highest BCUT2D eigenvalue weighted by Crippen LogP contribution is 2.31. The number of halogens is 1. The van der Waals surface area contributed by atoms with Gasteiger partial charge in [0.15, 0.2) is 11.0 Å². The molecular formula is C24H27ClN4O2S. The van der Waals surface area contributed by atoms with Gasteiger partial charge in [0, 0.05) is 28.4 Å². The normalized spacial score (nSPS) is 18.6. The second-order valence-electron chi connectivity index (χ2n) is 8.07. The quantitative estimate of drug-likeness (QED) is 0.446. The van der Waals surface area contributed by atoms with Crippen LogP contribution < -0.4 is 4.74 Å². The van der Waals surface area contributed by atoms with Gasteiger partial charge in [-0.1, -0.05) is 23.4 Å². The summed E-state index contributed by atoms with van der Waals surface area (Å²) in [6, 6.07) is 15.8. The van der Waals surface area contributed by atoms with Gasteiger partial charge in [0.25, 0.3) is 0 Å². The molecule has 1 aromatic heterocycles. The topological polar surface area (TPSA) is 60.2 Å². The molecule has 1 saturated heterocycles. The number of likely N-dealkylation sites (tertiary alicyclic amines) is 1. The number of carbonyl (C=O) groups excluding carboxylic acids is 1. The molecule has 6 nitrogen and oxygen atoms in total. The molecule has 0 N–H and O–H groups in total. The summed E-state index contributed by atoms with van der Waals surface area (Å²) in [7, 11) is 1.64. The minimum absolute atomic E-state index is 0.145. The van der Waals surface area contributed by atoms with E-state index in [-0.39, 0.29) is 18.0 Å². The molecule has 0 unspecified atom stereocenters. The van der Waals surface area contributed by atoms with Crippen LogP contribution in [-0.2, 0) is 4.79 Å². The van der Waals surface area contributed by atoms with Crippen molar-refractivity contribution in [3.05, 3.63) is 53.6 Å². The Morgan fingerprint density at radius 2 is 1.72 bits per heavy atom. The smallest absolute Gasteiger partial charge is 0.233 e. The van der Waals surface area contributed by atoms with Crippen molar-refractivity contribution >= 4 is 29.3 Å². The SMILES string of the molecule is COc1ccc(-n2c(SCC(=O)N3[C@H](C)CCC[C@H]3C)nnc2-c2ccc(Cl)cc2)cc1. The van der Waals surface area contributed by atoms with Crippen molar-refractivity contribution in [1.29, 1.82) is 0 Å². The van der Waals surface area contributed by atoms with Gasteiger partial charge in [-0.3, -0.25) is 9.36 Å². The molecule has 2 heterocycles. The summed E-state index contributed by atoms with van der Waals surface area (Å²) in [6.07, 6.45) is 3.29. The Hall–Kier alpha value is -2.51. The van der Waals surface area contributed by atoms with Crippen LogP contribution in [0.2, 0.25) is 5.02 Å². The Bertz CT molecular complexity index is 1060. The van der Waals surface area contributed by atoms with Crippen LogP contribution in [0.5, 0.6) is 5.75 Å². The molecule has 8 heteroatoms. The lowest BCUT2D eigenvalue weighted by molar-refractivity contribution is -0.134. The van der Waals surface area contributed by atoms with Crippen molar-refractivity contribution in [2.45, 2.75) is 50.4 Å². The van der Waals surface area contributed by atoms with Crippen molar-refractivity contribution in [3.8, 4) is 22.8 Å². The fourth-order valence-electron chi connectivity index (χ4n) is 4.23. The van der Waals surface area contributed by atoms with Gasteiger partial charge in [-0.2, -0.15) is 0 Å². The van der Waals surface area contributed by atoms with E-state index in [9.17, 15) is 4.79 Å². The van der Waals surface area contributed by atoms with Crippen molar-refractivity contribution < 1.29 is 9.53 Å². The number of hydrogen-bond acceptors (Lipinski definition) is 5. The Morgan fingerprint density at radius 3 is 2.34 bits per heavy atom. The molecule has 0 spiro atoms. The average molecular weight is 471 g/mol. The number of aromatic nitrogens is 3. The predicted octanol–water partition coefficient (Wildman–Crippen LogP) is 5.48. The zero-order chi connectivity index (χ0) is 22.7. The second kappa shape index (κ2) is 9.96. The lowest BCUT2D eigenvalue weighted by Crippen LogP contribution is -2.48. The van der Waals surface area contributed by atoms with Crippen molar-refractivity contribution in [2.24, 2.45) is 0 Å². The Balaban J connectivity index is 1.64. The lowest BCUT2D eigenvalue weighted by atomic mass is 9.98. The summed E-state index contributed by atoms with van der Waals surface area (Å²) in [5.41, 5.74) is 1.80. The van der Waals surface area contributed by atoms with E-state index in [1.54, 1.807) is 7.11 Å². The summed E-state index contributed by atoms with van der Waals surface area (Å²) in [6.45, 7) is 4.27. The number of thioether (sulfide) groups is 1. The molecule has 4 rings (SSSR count). The van der Waals surface area contributed by atoms with Gasteiger partial charge in [0.05, 0.1) is 12.9 Å². The van der Waals surface area contributed by atoms with Crippen LogP contribution in [0, 0.1) is 0 Å². The molecule has 2 atom stereocenters. The van der Waals surface area contributed by atoms with Gasteiger partial charge in [-0.25, -0.2) is 0 Å². The first kappa shape index (κ1) is 22.7. The minimum Gasteiger partial charge on any atom is -0.497 e. The fourth-order valence-corrected chi connectivity index (χ4v) is 5.17. The van der Waals surface area contributed by atoms with E-state index in [4.69, 9.17) is 16.3 Å². The first-order chi connectivity index (χ1) is 15.5. The molecule has 1 aliphatic rings. The van der Waals surface area contributed by atoms with Crippen molar-refractivity contribution in [3.63, 3.8) is 0 Å². The summed E-state index contributed by atoms with van der Waals surface area (Å²) in [4.78, 5) is 15.1. The van der Waals surface area contributed by atoms with Crippen molar-refractivity contribution in [2.75, 3.05) is 12.9 Å². The predicted molar refractivity (Wildman–Crippen MR) is 129 cm³/mol. The van der Waals surface area contributed by atoms with Gasteiger partial charge in [0.2, 0.25) is 5.91 Å². The largest absolute Gasteiger partial charge is 0.497 e. The molecule has 0 aliphatic carbocycles. The maximum atomic E-state index is 13.1. The molecule has 168 valence electrons. The van der Waals surface area contributed by atoms with Gasteiger partial charge < -0.3 is 9.64 Å². The maximum absolute atomic E-state index is 13.1. The number of benzene rings is 2. The monoisotopic (exact) mass is 470 g/mol. The number of nitrogens with zero attached hydrogens (tertiary/aromatic N) is 4. The van der Waals surface area contributed by atoms with E-state index in [1.165, 1.54) is 18.2 Å². The molecular weight excluding hydrogens is 444 g/mol. The molecule has 32 heavy (non-hydrogen) atoms. The minimum atomic E-state index is 0.145. The molecule has 0 saturated carbocycles. The van der Waals surface area contributed by atoms with Crippen LogP contribution in [0.15, 0.2) is 53.7 Å². The highest BCUT2D eigenvalue weighted by Gasteiger charge is 2.29. The molecule has 1 aliphatic heterocycles. The molecule has 2 aromatic carbocycles. The van der Waals surface area contributed by atoms with E-state index in [0.29, 0.717) is 21.8 Å². The van der Waals surface area contributed by atoms with Crippen LogP contribution in [-0.4, -0.2) is 50.5 Å². The first-order valence-electron chi connectivity index (χ1n) is 10.8. The molecule has 0 bridgehead atoms. The Kier molecular flexibility index (Phi) is 7.06. The van der Waals surface area contributed by atoms with Gasteiger partial charge in [-0.15, -0.1) is 10.2 Å². The number of piperidine rings is 1.